The smallest absolute Gasteiger partial charge is 0.122 e. The normalized spacial score (nSPS) is 25.6. The Hall–Kier alpha value is -1.06. The van der Waals surface area contributed by atoms with Crippen molar-refractivity contribution < 1.29 is 4.74 Å². The molecule has 0 spiro atoms. The Kier molecular flexibility index (Phi) is 4.27. The predicted octanol–water partition coefficient (Wildman–Crippen LogP) is 2.63. The van der Waals surface area contributed by atoms with Gasteiger partial charge in [-0.3, -0.25) is 0 Å². The van der Waals surface area contributed by atoms with Gasteiger partial charge < -0.3 is 15.0 Å². The van der Waals surface area contributed by atoms with Crippen LogP contribution in [0.4, 0.5) is 0 Å². The molecule has 1 N–H and O–H groups in total. The lowest BCUT2D eigenvalue weighted by Crippen LogP contribution is -2.43. The second-order valence-electron chi connectivity index (χ2n) is 6.27. The van der Waals surface area contributed by atoms with Crippen LogP contribution in [0.25, 0.3) is 0 Å². The maximum atomic E-state index is 5.46. The van der Waals surface area contributed by atoms with Crippen LogP contribution in [0, 0.1) is 0 Å². The fraction of sp³-hybridized carbons (Fsp3) is 0.647. The number of benzene rings is 1. The quantitative estimate of drug-likeness (QED) is 0.827. The second-order valence-corrected chi connectivity index (χ2v) is 6.27. The molecule has 0 saturated heterocycles. The van der Waals surface area contributed by atoms with Crippen molar-refractivity contribution in [3.8, 4) is 5.75 Å². The van der Waals surface area contributed by atoms with E-state index >= 15 is 0 Å². The highest BCUT2D eigenvalue weighted by Gasteiger charge is 2.32. The van der Waals surface area contributed by atoms with Crippen molar-refractivity contribution in [1.82, 2.24) is 10.2 Å². The van der Waals surface area contributed by atoms with Gasteiger partial charge in [0, 0.05) is 25.2 Å². The first kappa shape index (κ1) is 13.9. The molecule has 0 unspecified atom stereocenters. The molecule has 0 aliphatic heterocycles. The fourth-order valence-corrected chi connectivity index (χ4v) is 3.19. The molecule has 20 heavy (non-hydrogen) atoms. The van der Waals surface area contributed by atoms with E-state index in [-0.39, 0.29) is 0 Å². The molecule has 0 atom stereocenters. The molecule has 0 aromatic heterocycles. The van der Waals surface area contributed by atoms with Gasteiger partial charge in [0.2, 0.25) is 0 Å². The summed E-state index contributed by atoms with van der Waals surface area (Å²) in [6, 6.07) is 10.0. The number of rotatable bonds is 7. The number of likely N-dealkylation sites (N-methyl/N-ethyl adjacent to an activating group) is 1. The highest BCUT2D eigenvalue weighted by Crippen LogP contribution is 2.40. The summed E-state index contributed by atoms with van der Waals surface area (Å²) in [5, 5.41) is 3.69. The summed E-state index contributed by atoms with van der Waals surface area (Å²) in [6.45, 7) is 2.30. The number of nitrogens with zero attached hydrogens (tertiary/aromatic N) is 1. The van der Waals surface area contributed by atoms with Crippen LogP contribution in [0.3, 0.4) is 0 Å². The van der Waals surface area contributed by atoms with E-state index < -0.39 is 0 Å². The van der Waals surface area contributed by atoms with Gasteiger partial charge in [-0.15, -0.1) is 0 Å². The van der Waals surface area contributed by atoms with E-state index in [0.29, 0.717) is 12.0 Å². The third-order valence-corrected chi connectivity index (χ3v) is 4.78. The second kappa shape index (κ2) is 6.15. The number of methoxy groups -OCH3 is 1. The Balaban J connectivity index is 1.39. The van der Waals surface area contributed by atoms with E-state index in [1.54, 1.807) is 7.11 Å². The third-order valence-electron chi connectivity index (χ3n) is 4.78. The first-order chi connectivity index (χ1) is 9.78. The molecule has 0 radical (unpaired) electrons. The molecule has 3 rings (SSSR count). The maximum absolute atomic E-state index is 5.46. The summed E-state index contributed by atoms with van der Waals surface area (Å²) in [5.74, 6) is 1.72. The highest BCUT2D eigenvalue weighted by molar-refractivity contribution is 5.37. The monoisotopic (exact) mass is 274 g/mol. The molecule has 2 aliphatic rings. The number of nitrogens with one attached hydrogen (secondary N) is 1. The van der Waals surface area contributed by atoms with E-state index in [9.17, 15) is 0 Å². The molecule has 0 bridgehead atoms. The largest absolute Gasteiger partial charge is 0.496 e. The molecule has 0 amide bonds. The molecular formula is C17H26N2O. The van der Waals surface area contributed by atoms with Crippen LogP contribution in [-0.4, -0.2) is 44.2 Å². The number of ether oxygens (including phenoxy) is 1. The van der Waals surface area contributed by atoms with Gasteiger partial charge in [0.15, 0.2) is 0 Å². The van der Waals surface area contributed by atoms with Crippen LogP contribution >= 0.6 is 0 Å². The van der Waals surface area contributed by atoms with Crippen LogP contribution in [0.2, 0.25) is 0 Å². The zero-order valence-corrected chi connectivity index (χ0v) is 12.6. The van der Waals surface area contributed by atoms with Gasteiger partial charge in [0.25, 0.3) is 0 Å². The average Bonchev–Trinajstić information content (AvgIpc) is 3.25. The van der Waals surface area contributed by atoms with Crippen molar-refractivity contribution in [1.29, 1.82) is 0 Å². The van der Waals surface area contributed by atoms with Gasteiger partial charge in [0.1, 0.15) is 5.75 Å². The first-order valence-electron chi connectivity index (χ1n) is 7.84. The van der Waals surface area contributed by atoms with Crippen molar-refractivity contribution in [2.24, 2.45) is 0 Å². The first-order valence-corrected chi connectivity index (χ1v) is 7.84. The molecule has 3 heteroatoms. The number of para-hydroxylation sites is 1. The van der Waals surface area contributed by atoms with Gasteiger partial charge >= 0.3 is 0 Å². The lowest BCUT2D eigenvalue weighted by atomic mass is 9.75. The minimum atomic E-state index is 0.671. The Morgan fingerprint density at radius 3 is 2.70 bits per heavy atom. The molecule has 2 saturated carbocycles. The van der Waals surface area contributed by atoms with Gasteiger partial charge in [-0.25, -0.2) is 0 Å². The maximum Gasteiger partial charge on any atom is 0.122 e. The highest BCUT2D eigenvalue weighted by atomic mass is 16.5. The summed E-state index contributed by atoms with van der Waals surface area (Å²) < 4.78 is 5.46. The van der Waals surface area contributed by atoms with Crippen molar-refractivity contribution >= 4 is 0 Å². The lowest BCUT2D eigenvalue weighted by molar-refractivity contribution is 0.259. The van der Waals surface area contributed by atoms with Gasteiger partial charge in [-0.1, -0.05) is 18.2 Å². The van der Waals surface area contributed by atoms with Crippen LogP contribution in [0.5, 0.6) is 5.75 Å². The van der Waals surface area contributed by atoms with Crippen molar-refractivity contribution in [2.45, 2.75) is 43.7 Å². The summed E-state index contributed by atoms with van der Waals surface area (Å²) in [5.41, 5.74) is 1.38. The zero-order chi connectivity index (χ0) is 13.9. The van der Waals surface area contributed by atoms with Crippen LogP contribution in [-0.2, 0) is 0 Å². The minimum absolute atomic E-state index is 0.671. The van der Waals surface area contributed by atoms with Crippen molar-refractivity contribution in [2.75, 3.05) is 27.2 Å². The third kappa shape index (κ3) is 3.15. The Labute approximate surface area is 122 Å². The average molecular weight is 274 g/mol. The molecule has 2 fully saturated rings. The Morgan fingerprint density at radius 2 is 2.00 bits per heavy atom. The Morgan fingerprint density at radius 1 is 1.25 bits per heavy atom. The van der Waals surface area contributed by atoms with Gasteiger partial charge in [-0.05, 0) is 50.3 Å². The Bertz CT molecular complexity index is 438. The van der Waals surface area contributed by atoms with Crippen LogP contribution in [0.15, 0.2) is 24.3 Å². The molecule has 110 valence electrons. The molecule has 3 nitrogen and oxygen atoms in total. The molecule has 0 heterocycles. The predicted molar refractivity (Wildman–Crippen MR) is 82.4 cm³/mol. The van der Waals surface area contributed by atoms with E-state index in [4.69, 9.17) is 4.74 Å². The number of hydrogen-bond donors (Lipinski definition) is 1. The zero-order valence-electron chi connectivity index (χ0n) is 12.6. The van der Waals surface area contributed by atoms with Crippen molar-refractivity contribution in [3.05, 3.63) is 29.8 Å². The van der Waals surface area contributed by atoms with Gasteiger partial charge in [-0.2, -0.15) is 0 Å². The molecule has 1 aromatic carbocycles. The summed E-state index contributed by atoms with van der Waals surface area (Å²) in [7, 11) is 4.01. The van der Waals surface area contributed by atoms with Crippen LogP contribution in [0.1, 0.15) is 37.2 Å². The van der Waals surface area contributed by atoms with E-state index in [1.165, 1.54) is 37.8 Å². The SMILES string of the molecule is COc1ccccc1C1CC(NCCN(C)C2CC2)C1. The summed E-state index contributed by atoms with van der Waals surface area (Å²) in [4.78, 5) is 2.49. The lowest BCUT2D eigenvalue weighted by Gasteiger charge is -2.37. The van der Waals surface area contributed by atoms with E-state index in [2.05, 4.69) is 35.5 Å². The summed E-state index contributed by atoms with van der Waals surface area (Å²) in [6.07, 6.45) is 5.28. The molecule has 2 aliphatic carbocycles. The fourth-order valence-electron chi connectivity index (χ4n) is 3.19. The molecule has 1 aromatic rings. The van der Waals surface area contributed by atoms with Crippen molar-refractivity contribution in [3.63, 3.8) is 0 Å². The standard InChI is InChI=1S/C17H26N2O/c1-19(15-7-8-15)10-9-18-14-11-13(12-14)16-5-3-4-6-17(16)20-2/h3-6,13-15,18H,7-12H2,1-2H3. The van der Waals surface area contributed by atoms with Gasteiger partial charge in [0.05, 0.1) is 7.11 Å². The summed E-state index contributed by atoms with van der Waals surface area (Å²) >= 11 is 0. The van der Waals surface area contributed by atoms with Crippen LogP contribution < -0.4 is 10.1 Å². The van der Waals surface area contributed by atoms with E-state index in [0.717, 1.165) is 18.3 Å². The topological polar surface area (TPSA) is 24.5 Å². The number of hydrogen-bond acceptors (Lipinski definition) is 3. The molecular weight excluding hydrogens is 248 g/mol. The minimum Gasteiger partial charge on any atom is -0.496 e. The van der Waals surface area contributed by atoms with E-state index in [1.807, 2.05) is 6.07 Å².